The van der Waals surface area contributed by atoms with E-state index in [0.717, 1.165) is 9.79 Å². The Bertz CT molecular complexity index is 1140. The molecule has 0 saturated carbocycles. The van der Waals surface area contributed by atoms with Gasteiger partial charge in [0.05, 0.1) is 23.8 Å². The Balaban J connectivity index is 1.36. The molecule has 3 heterocycles. The molecule has 2 aromatic rings. The van der Waals surface area contributed by atoms with Crippen LogP contribution >= 0.6 is 11.8 Å². The van der Waals surface area contributed by atoms with Crippen LogP contribution in [-0.2, 0) is 9.47 Å². The van der Waals surface area contributed by atoms with Gasteiger partial charge in [-0.1, -0.05) is 30.3 Å². The molecule has 0 N–H and O–H groups in total. The number of carbonyl (C=O) groups excluding carboxylic acids is 1. The van der Waals surface area contributed by atoms with E-state index < -0.39 is 44.8 Å². The molecule has 0 atom stereocenters. The van der Waals surface area contributed by atoms with Crippen LogP contribution in [0.1, 0.15) is 32.8 Å². The van der Waals surface area contributed by atoms with Crippen LogP contribution in [-0.4, -0.2) is 55.3 Å². The average molecular weight is 410 g/mol. The Labute approximate surface area is 183 Å². The molecule has 0 unspecified atom stereocenters. The molecule has 7 heteroatoms. The van der Waals surface area contributed by atoms with Crippen LogP contribution in [0.4, 0.5) is 16.3 Å². The Morgan fingerprint density at radius 3 is 2.79 bits per heavy atom. The van der Waals surface area contributed by atoms with Crippen molar-refractivity contribution in [2.24, 2.45) is 0 Å². The van der Waals surface area contributed by atoms with Gasteiger partial charge in [0, 0.05) is 31.3 Å². The summed E-state index contributed by atoms with van der Waals surface area (Å²) in [7, 11) is 0. The monoisotopic (exact) mass is 409 g/mol. The van der Waals surface area contributed by atoms with Crippen molar-refractivity contribution in [1.29, 1.82) is 0 Å². The predicted octanol–water partition coefficient (Wildman–Crippen LogP) is 4.32. The molecule has 1 fully saturated rings. The summed E-state index contributed by atoms with van der Waals surface area (Å²) in [4.78, 5) is 20.5. The van der Waals surface area contributed by atoms with Crippen molar-refractivity contribution in [3.8, 4) is 0 Å². The molecule has 1 aromatic heterocycles. The number of nitrogens with zero attached hydrogens (tertiary/aromatic N) is 3. The first kappa shape index (κ1) is 10.6. The van der Waals surface area contributed by atoms with E-state index >= 15 is 0 Å². The molecule has 2 aliphatic heterocycles. The zero-order valence-corrected chi connectivity index (χ0v) is 15.7. The fraction of sp³-hybridized carbons (Fsp3) is 0.429. The maximum atomic E-state index is 13.0. The largest absolute Gasteiger partial charge is 0.446 e. The minimum Gasteiger partial charge on any atom is -0.446 e. The molecule has 6 nitrogen and oxygen atoms in total. The van der Waals surface area contributed by atoms with Gasteiger partial charge in [-0.15, -0.1) is 0 Å². The number of hydrogen-bond acceptors (Lipinski definition) is 6. The van der Waals surface area contributed by atoms with E-state index in [1.54, 1.807) is 24.4 Å². The molecule has 2 aliphatic rings. The summed E-state index contributed by atoms with van der Waals surface area (Å²) in [5.74, 6) is 0.417. The highest BCUT2D eigenvalue weighted by Crippen LogP contribution is 2.46. The predicted molar refractivity (Wildman–Crippen MR) is 109 cm³/mol. The maximum Gasteiger partial charge on any atom is 0.420 e. The second-order valence-corrected chi connectivity index (χ2v) is 6.79. The van der Waals surface area contributed by atoms with Crippen LogP contribution in [0.5, 0.6) is 0 Å². The number of rotatable bonds is 6. The lowest BCUT2D eigenvalue weighted by Gasteiger charge is -2.29. The smallest absolute Gasteiger partial charge is 0.420 e. The van der Waals surface area contributed by atoms with Crippen molar-refractivity contribution in [2.75, 3.05) is 44.3 Å². The van der Waals surface area contributed by atoms with E-state index in [0.29, 0.717) is 16.4 Å². The van der Waals surface area contributed by atoms with E-state index in [1.165, 1.54) is 16.7 Å². The molecule has 0 bridgehead atoms. The Hall–Kier alpha value is -2.09. The summed E-state index contributed by atoms with van der Waals surface area (Å²) < 4.78 is 90.6. The summed E-state index contributed by atoms with van der Waals surface area (Å²) >= 11 is 1.47. The Morgan fingerprint density at radius 1 is 1.07 bits per heavy atom. The Morgan fingerprint density at radius 2 is 1.89 bits per heavy atom. The Kier molecular flexibility index (Phi) is 3.57. The summed E-state index contributed by atoms with van der Waals surface area (Å²) in [5.41, 5.74) is 0.604. The molecule has 28 heavy (non-hydrogen) atoms. The number of para-hydroxylation sites is 1. The molecular weight excluding hydrogens is 374 g/mol. The number of carbonyl (C=O) groups is 1. The highest BCUT2D eigenvalue weighted by molar-refractivity contribution is 7.99. The molecule has 1 amide bonds. The maximum absolute atomic E-state index is 13.0. The first-order valence-electron chi connectivity index (χ1n) is 13.6. The fourth-order valence-electron chi connectivity index (χ4n) is 2.65. The summed E-state index contributed by atoms with van der Waals surface area (Å²) in [6, 6.07) is 10.9. The number of anilines is 2. The highest BCUT2D eigenvalue weighted by atomic mass is 32.2. The number of likely N-dealkylation sites (tertiary alicyclic amines) is 1. The fourth-order valence-corrected chi connectivity index (χ4v) is 3.68. The zero-order valence-electron chi connectivity index (χ0n) is 24.8. The van der Waals surface area contributed by atoms with E-state index in [-0.39, 0.29) is 19.8 Å². The van der Waals surface area contributed by atoms with Crippen molar-refractivity contribution < 1.29 is 28.0 Å². The van der Waals surface area contributed by atoms with Gasteiger partial charge in [-0.2, -0.15) is 0 Å². The highest BCUT2D eigenvalue weighted by Gasteiger charge is 2.30. The lowest BCUT2D eigenvalue weighted by molar-refractivity contribution is 0.0599. The second-order valence-electron chi connectivity index (χ2n) is 5.71. The molecule has 1 saturated heterocycles. The van der Waals surface area contributed by atoms with Crippen molar-refractivity contribution in [3.05, 3.63) is 42.6 Å². The zero-order chi connectivity index (χ0) is 28.1. The molecule has 0 radical (unpaired) electrons. The quantitative estimate of drug-likeness (QED) is 0.662. The summed E-state index contributed by atoms with van der Waals surface area (Å²) in [5, 5.41) is 0. The SMILES string of the molecule is [2H]C1([2H])N(CCOCCOC(=O)N2c3ccccc3Sc3cccnc32)C([2H])([2H])C([2H])([2H])C([2H])([2H])C1([2H])[2H]. The minimum atomic E-state index is -3.46. The number of pyridine rings is 1. The van der Waals surface area contributed by atoms with Crippen LogP contribution in [0, 0.1) is 0 Å². The van der Waals surface area contributed by atoms with Gasteiger partial charge in [-0.05, 0) is 50.0 Å². The molecule has 0 aliphatic carbocycles. The molecular formula is C21H25N3O3S. The molecule has 148 valence electrons. The standard InChI is InChI=1S/C21H25N3O3S/c25-21(27-16-15-26-14-13-23-11-4-1-5-12-23)24-17-7-2-3-8-18(17)28-19-9-6-10-22-20(19)24/h2-3,6-10H,1,4-5,11-16H2/i1D2,4D2,5D2,11D2,12D2. The van der Waals surface area contributed by atoms with Gasteiger partial charge in [-0.25, -0.2) is 14.7 Å². The third-order valence-electron chi connectivity index (χ3n) is 3.89. The van der Waals surface area contributed by atoms with Crippen molar-refractivity contribution in [3.63, 3.8) is 0 Å². The number of benzene rings is 1. The van der Waals surface area contributed by atoms with Gasteiger partial charge >= 0.3 is 6.09 Å². The number of fused-ring (bicyclic) bond motifs is 2. The van der Waals surface area contributed by atoms with Crippen LogP contribution < -0.4 is 4.90 Å². The van der Waals surface area contributed by atoms with Crippen LogP contribution in [0.2, 0.25) is 0 Å². The van der Waals surface area contributed by atoms with Gasteiger partial charge in [-0.3, -0.25) is 0 Å². The average Bonchev–Trinajstić information content (AvgIpc) is 2.85. The third-order valence-corrected chi connectivity index (χ3v) is 4.99. The van der Waals surface area contributed by atoms with Crippen LogP contribution in [0.3, 0.4) is 0 Å². The molecule has 1 aromatic carbocycles. The van der Waals surface area contributed by atoms with Gasteiger partial charge in [0.15, 0.2) is 5.82 Å². The number of aromatic nitrogens is 1. The number of piperidine rings is 1. The topological polar surface area (TPSA) is 54.9 Å². The molecule has 4 rings (SSSR count). The van der Waals surface area contributed by atoms with E-state index in [9.17, 15) is 4.79 Å². The van der Waals surface area contributed by atoms with Crippen LogP contribution in [0.15, 0.2) is 52.4 Å². The minimum absolute atomic E-state index is 0.161. The van der Waals surface area contributed by atoms with Crippen molar-refractivity contribution in [2.45, 2.75) is 28.9 Å². The van der Waals surface area contributed by atoms with Gasteiger partial charge in [0.2, 0.25) is 0 Å². The summed E-state index contributed by atoms with van der Waals surface area (Å²) in [6.07, 6.45) is -9.35. The van der Waals surface area contributed by atoms with Gasteiger partial charge < -0.3 is 14.4 Å². The third kappa shape index (κ3) is 4.48. The van der Waals surface area contributed by atoms with E-state index in [2.05, 4.69) is 4.98 Å². The van der Waals surface area contributed by atoms with Crippen molar-refractivity contribution >= 4 is 29.4 Å². The van der Waals surface area contributed by atoms with Crippen LogP contribution in [0.25, 0.3) is 0 Å². The number of ether oxygens (including phenoxy) is 2. The summed E-state index contributed by atoms with van der Waals surface area (Å²) in [6.45, 7) is -7.71. The van der Waals surface area contributed by atoms with Gasteiger partial charge in [0.25, 0.3) is 0 Å². The van der Waals surface area contributed by atoms with Crippen molar-refractivity contribution in [1.82, 2.24) is 9.88 Å². The second kappa shape index (κ2) is 9.41. The van der Waals surface area contributed by atoms with E-state index in [1.807, 2.05) is 18.2 Å². The normalized spacial score (nSPS) is 30.6. The number of amides is 1. The van der Waals surface area contributed by atoms with Gasteiger partial charge in [0.1, 0.15) is 6.61 Å². The molecule has 0 spiro atoms. The van der Waals surface area contributed by atoms with E-state index in [4.69, 9.17) is 23.2 Å². The lowest BCUT2D eigenvalue weighted by atomic mass is 10.1. The lowest BCUT2D eigenvalue weighted by Crippen LogP contribution is -2.33. The number of hydrogen-bond donors (Lipinski definition) is 0. The first-order valence-corrected chi connectivity index (χ1v) is 9.45. The first-order chi connectivity index (χ1) is 17.6.